The average Bonchev–Trinajstić information content (AvgIpc) is 2.34. The standard InChI is InChI=1S/C11H13N3O2.C2H6/c1-3-10(15)13-6-9(7-13)14-5-8(2)12-4-11(14)16;1-2/h3-5,9H,1,6-7H2,2H3;1-2H3. The van der Waals surface area contributed by atoms with Crippen molar-refractivity contribution in [2.24, 2.45) is 0 Å². The van der Waals surface area contributed by atoms with Crippen molar-refractivity contribution < 1.29 is 4.79 Å². The molecule has 1 aromatic heterocycles. The molecule has 0 aromatic carbocycles. The Hall–Kier alpha value is -1.91. The molecular weight excluding hydrogens is 230 g/mol. The number of carbonyl (C=O) groups is 1. The van der Waals surface area contributed by atoms with Gasteiger partial charge in [-0.25, -0.2) is 0 Å². The predicted molar refractivity (Wildman–Crippen MR) is 70.4 cm³/mol. The SMILES string of the molecule is C=CC(=O)N1CC(n2cc(C)ncc2=O)C1.CC. The molecule has 1 aliphatic rings. The summed E-state index contributed by atoms with van der Waals surface area (Å²) in [5.41, 5.74) is 0.675. The van der Waals surface area contributed by atoms with Crippen LogP contribution in [0.15, 0.2) is 29.8 Å². The van der Waals surface area contributed by atoms with Crippen molar-refractivity contribution in [2.45, 2.75) is 26.8 Å². The van der Waals surface area contributed by atoms with Crippen LogP contribution in [-0.2, 0) is 4.79 Å². The monoisotopic (exact) mass is 249 g/mol. The first kappa shape index (κ1) is 14.2. The quantitative estimate of drug-likeness (QED) is 0.739. The molecule has 0 aliphatic carbocycles. The minimum Gasteiger partial charge on any atom is -0.335 e. The lowest BCUT2D eigenvalue weighted by Crippen LogP contribution is -2.52. The number of likely N-dealkylation sites (tertiary alicyclic amines) is 1. The summed E-state index contributed by atoms with van der Waals surface area (Å²) in [6.07, 6.45) is 4.33. The largest absolute Gasteiger partial charge is 0.335 e. The maximum atomic E-state index is 11.5. The van der Waals surface area contributed by atoms with E-state index in [1.165, 1.54) is 12.3 Å². The smallest absolute Gasteiger partial charge is 0.269 e. The van der Waals surface area contributed by atoms with E-state index in [1.54, 1.807) is 15.7 Å². The first-order valence-corrected chi connectivity index (χ1v) is 6.08. The molecule has 0 N–H and O–H groups in total. The number of carbonyl (C=O) groups excluding carboxylic acids is 1. The Kier molecular flexibility index (Phi) is 4.83. The third-order valence-corrected chi connectivity index (χ3v) is 2.70. The van der Waals surface area contributed by atoms with Crippen LogP contribution in [0, 0.1) is 6.92 Å². The van der Waals surface area contributed by atoms with Crippen LogP contribution in [0.4, 0.5) is 0 Å². The lowest BCUT2D eigenvalue weighted by molar-refractivity contribution is -0.131. The van der Waals surface area contributed by atoms with Gasteiger partial charge >= 0.3 is 0 Å². The van der Waals surface area contributed by atoms with Crippen molar-refractivity contribution >= 4 is 5.91 Å². The summed E-state index contributed by atoms with van der Waals surface area (Å²) in [5, 5.41) is 0. The molecule has 18 heavy (non-hydrogen) atoms. The molecule has 1 aliphatic heterocycles. The van der Waals surface area contributed by atoms with Gasteiger partial charge in [-0.15, -0.1) is 0 Å². The average molecular weight is 249 g/mol. The van der Waals surface area contributed by atoms with Crippen molar-refractivity contribution in [1.29, 1.82) is 0 Å². The van der Waals surface area contributed by atoms with E-state index in [4.69, 9.17) is 0 Å². The van der Waals surface area contributed by atoms with Gasteiger partial charge in [-0.2, -0.15) is 0 Å². The number of rotatable bonds is 2. The molecular formula is C13H19N3O2. The van der Waals surface area contributed by atoms with E-state index in [1.807, 2.05) is 20.8 Å². The number of hydrogen-bond donors (Lipinski definition) is 0. The van der Waals surface area contributed by atoms with Crippen LogP contribution in [0.3, 0.4) is 0 Å². The molecule has 1 aromatic rings. The maximum absolute atomic E-state index is 11.5. The highest BCUT2D eigenvalue weighted by molar-refractivity contribution is 5.87. The molecule has 1 amide bonds. The van der Waals surface area contributed by atoms with Crippen molar-refractivity contribution in [1.82, 2.24) is 14.5 Å². The van der Waals surface area contributed by atoms with Crippen LogP contribution in [-0.4, -0.2) is 33.4 Å². The molecule has 0 saturated carbocycles. The van der Waals surface area contributed by atoms with Crippen molar-refractivity contribution in [3.63, 3.8) is 0 Å². The normalized spacial score (nSPS) is 14.3. The summed E-state index contributed by atoms with van der Waals surface area (Å²) in [6.45, 7) is 10.4. The van der Waals surface area contributed by atoms with Gasteiger partial charge in [0.15, 0.2) is 0 Å². The first-order chi connectivity index (χ1) is 8.61. The Morgan fingerprint density at radius 2 is 2.11 bits per heavy atom. The molecule has 0 radical (unpaired) electrons. The molecule has 98 valence electrons. The molecule has 0 bridgehead atoms. The number of hydrogen-bond acceptors (Lipinski definition) is 3. The van der Waals surface area contributed by atoms with Crippen LogP contribution < -0.4 is 5.56 Å². The third kappa shape index (κ3) is 2.85. The van der Waals surface area contributed by atoms with E-state index in [0.29, 0.717) is 13.1 Å². The zero-order valence-electron chi connectivity index (χ0n) is 11.1. The summed E-state index contributed by atoms with van der Waals surface area (Å²) in [6, 6.07) is 0.0677. The Morgan fingerprint density at radius 3 is 2.67 bits per heavy atom. The molecule has 0 atom stereocenters. The topological polar surface area (TPSA) is 55.2 Å². The van der Waals surface area contributed by atoms with Crippen molar-refractivity contribution in [2.75, 3.05) is 13.1 Å². The zero-order chi connectivity index (χ0) is 13.7. The minimum absolute atomic E-state index is 0.0677. The van der Waals surface area contributed by atoms with E-state index in [0.717, 1.165) is 5.69 Å². The molecule has 0 spiro atoms. The Bertz CT molecular complexity index is 487. The minimum atomic E-state index is -0.124. The van der Waals surface area contributed by atoms with Gasteiger partial charge in [0.25, 0.3) is 5.56 Å². The maximum Gasteiger partial charge on any atom is 0.269 e. The van der Waals surface area contributed by atoms with Gasteiger partial charge in [0.05, 0.1) is 17.9 Å². The van der Waals surface area contributed by atoms with Gasteiger partial charge in [-0.1, -0.05) is 20.4 Å². The summed E-state index contributed by atoms with van der Waals surface area (Å²) in [7, 11) is 0. The number of amides is 1. The van der Waals surface area contributed by atoms with Crippen LogP contribution in [0.1, 0.15) is 25.6 Å². The first-order valence-electron chi connectivity index (χ1n) is 6.08. The summed E-state index contributed by atoms with van der Waals surface area (Å²) in [5.74, 6) is -0.0879. The van der Waals surface area contributed by atoms with Crippen molar-refractivity contribution in [3.8, 4) is 0 Å². The molecule has 1 saturated heterocycles. The van der Waals surface area contributed by atoms with Gasteiger partial charge < -0.3 is 9.47 Å². The zero-order valence-corrected chi connectivity index (χ0v) is 11.1. The van der Waals surface area contributed by atoms with E-state index < -0.39 is 0 Å². The van der Waals surface area contributed by atoms with Crippen LogP contribution >= 0.6 is 0 Å². The third-order valence-electron chi connectivity index (χ3n) is 2.70. The van der Waals surface area contributed by atoms with Gasteiger partial charge in [0.2, 0.25) is 5.91 Å². The van der Waals surface area contributed by atoms with E-state index in [2.05, 4.69) is 11.6 Å². The fraction of sp³-hybridized carbons (Fsp3) is 0.462. The van der Waals surface area contributed by atoms with Gasteiger partial charge in [0, 0.05) is 19.3 Å². The van der Waals surface area contributed by atoms with Crippen LogP contribution in [0.2, 0.25) is 0 Å². The fourth-order valence-electron chi connectivity index (χ4n) is 1.75. The predicted octanol–water partition coefficient (Wildman–Crippen LogP) is 1.15. The lowest BCUT2D eigenvalue weighted by Gasteiger charge is -2.39. The van der Waals surface area contributed by atoms with E-state index in [9.17, 15) is 9.59 Å². The summed E-state index contributed by atoms with van der Waals surface area (Å²) < 4.78 is 1.63. The molecule has 0 unspecified atom stereocenters. The van der Waals surface area contributed by atoms with Gasteiger partial charge in [-0.3, -0.25) is 14.6 Å². The van der Waals surface area contributed by atoms with Gasteiger partial charge in [-0.05, 0) is 13.0 Å². The molecule has 2 rings (SSSR count). The molecule has 1 fully saturated rings. The molecule has 5 heteroatoms. The van der Waals surface area contributed by atoms with E-state index in [-0.39, 0.29) is 17.5 Å². The number of aryl methyl sites for hydroxylation is 1. The fourth-order valence-corrected chi connectivity index (χ4v) is 1.75. The number of aromatic nitrogens is 2. The summed E-state index contributed by atoms with van der Waals surface area (Å²) in [4.78, 5) is 28.3. The van der Waals surface area contributed by atoms with E-state index >= 15 is 0 Å². The molecule has 2 heterocycles. The highest BCUT2D eigenvalue weighted by Gasteiger charge is 2.30. The Morgan fingerprint density at radius 1 is 1.50 bits per heavy atom. The van der Waals surface area contributed by atoms with Crippen LogP contribution in [0.25, 0.3) is 0 Å². The Labute approximate surface area is 107 Å². The summed E-state index contributed by atoms with van der Waals surface area (Å²) >= 11 is 0. The second kappa shape index (κ2) is 6.14. The van der Waals surface area contributed by atoms with Gasteiger partial charge in [0.1, 0.15) is 0 Å². The molecule has 5 nitrogen and oxygen atoms in total. The second-order valence-electron chi connectivity index (χ2n) is 3.88. The van der Waals surface area contributed by atoms with Crippen molar-refractivity contribution in [3.05, 3.63) is 41.1 Å². The second-order valence-corrected chi connectivity index (χ2v) is 3.88. The number of nitrogens with zero attached hydrogens (tertiary/aromatic N) is 3. The highest BCUT2D eigenvalue weighted by atomic mass is 16.2. The Balaban J connectivity index is 0.000000771. The lowest BCUT2D eigenvalue weighted by atomic mass is 10.1. The highest BCUT2D eigenvalue weighted by Crippen LogP contribution is 2.19. The van der Waals surface area contributed by atoms with Crippen LogP contribution in [0.5, 0.6) is 0 Å².